The van der Waals surface area contributed by atoms with Crippen LogP contribution in [-0.4, -0.2) is 34.6 Å². The first-order valence-electron chi connectivity index (χ1n) is 7.64. The molecule has 0 spiro atoms. The van der Waals surface area contributed by atoms with Gasteiger partial charge in [0.1, 0.15) is 6.04 Å². The third kappa shape index (κ3) is 3.74. The molecule has 0 saturated heterocycles. The molecule has 22 heavy (non-hydrogen) atoms. The Labute approximate surface area is 131 Å². The standard InChI is InChI=1S/C17H24N4O/c1-5-21(4)16(13-9-7-6-8-10-13)17(22)18-15-11-14(12(2)3)19-20-15/h6-12,16H,5H2,1-4H3,(H2,18,19,20,22)/t16-/m0/s1. The molecule has 1 heterocycles. The van der Waals surface area contributed by atoms with E-state index in [9.17, 15) is 4.79 Å². The van der Waals surface area contributed by atoms with Crippen LogP contribution in [0.15, 0.2) is 36.4 Å². The highest BCUT2D eigenvalue weighted by Gasteiger charge is 2.24. The van der Waals surface area contributed by atoms with Crippen molar-refractivity contribution in [2.75, 3.05) is 18.9 Å². The number of aromatic amines is 1. The second kappa shape index (κ2) is 7.22. The van der Waals surface area contributed by atoms with Crippen molar-refractivity contribution in [2.24, 2.45) is 0 Å². The molecule has 0 radical (unpaired) electrons. The molecule has 0 saturated carbocycles. The maximum absolute atomic E-state index is 12.7. The van der Waals surface area contributed by atoms with E-state index in [-0.39, 0.29) is 11.9 Å². The molecule has 2 N–H and O–H groups in total. The number of nitrogens with one attached hydrogen (secondary N) is 2. The van der Waals surface area contributed by atoms with Crippen LogP contribution in [0.25, 0.3) is 0 Å². The summed E-state index contributed by atoms with van der Waals surface area (Å²) in [6, 6.07) is 11.4. The first-order valence-corrected chi connectivity index (χ1v) is 7.64. The van der Waals surface area contributed by atoms with Crippen LogP contribution in [0.2, 0.25) is 0 Å². The van der Waals surface area contributed by atoms with Crippen LogP contribution in [0.1, 0.15) is 44.0 Å². The van der Waals surface area contributed by atoms with E-state index in [2.05, 4.69) is 29.4 Å². The highest BCUT2D eigenvalue weighted by molar-refractivity contribution is 5.94. The molecule has 1 aromatic heterocycles. The highest BCUT2D eigenvalue weighted by atomic mass is 16.2. The third-order valence-electron chi connectivity index (χ3n) is 3.77. The number of carbonyl (C=O) groups excluding carboxylic acids is 1. The van der Waals surface area contributed by atoms with Gasteiger partial charge >= 0.3 is 0 Å². The van der Waals surface area contributed by atoms with E-state index in [1.54, 1.807) is 0 Å². The van der Waals surface area contributed by atoms with Crippen molar-refractivity contribution in [1.29, 1.82) is 0 Å². The van der Waals surface area contributed by atoms with E-state index in [1.165, 1.54) is 0 Å². The average molecular weight is 300 g/mol. The van der Waals surface area contributed by atoms with Crippen molar-refractivity contribution < 1.29 is 4.79 Å². The van der Waals surface area contributed by atoms with Crippen LogP contribution in [0.3, 0.4) is 0 Å². The predicted molar refractivity (Wildman–Crippen MR) is 88.8 cm³/mol. The van der Waals surface area contributed by atoms with E-state index in [0.29, 0.717) is 11.7 Å². The zero-order valence-electron chi connectivity index (χ0n) is 13.6. The summed E-state index contributed by atoms with van der Waals surface area (Å²) in [5.41, 5.74) is 1.99. The minimum Gasteiger partial charge on any atom is -0.308 e. The number of likely N-dealkylation sites (N-methyl/N-ethyl adjacent to an activating group) is 1. The van der Waals surface area contributed by atoms with Gasteiger partial charge in [-0.1, -0.05) is 51.1 Å². The number of hydrogen-bond donors (Lipinski definition) is 2. The number of rotatable bonds is 6. The lowest BCUT2D eigenvalue weighted by Gasteiger charge is -2.25. The molecule has 0 aliphatic rings. The molecule has 0 aliphatic carbocycles. The SMILES string of the molecule is CCN(C)[C@H](C(=O)Nc1cc(C(C)C)[nH]n1)c1ccccc1. The van der Waals surface area contributed by atoms with Gasteiger partial charge in [0.25, 0.3) is 0 Å². The maximum Gasteiger partial charge on any atom is 0.247 e. The number of hydrogen-bond acceptors (Lipinski definition) is 3. The molecule has 1 aromatic carbocycles. The van der Waals surface area contributed by atoms with Crippen molar-refractivity contribution in [3.05, 3.63) is 47.7 Å². The quantitative estimate of drug-likeness (QED) is 0.861. The number of anilines is 1. The largest absolute Gasteiger partial charge is 0.308 e. The molecule has 118 valence electrons. The molecule has 0 bridgehead atoms. The fraction of sp³-hybridized carbons (Fsp3) is 0.412. The van der Waals surface area contributed by atoms with Crippen molar-refractivity contribution >= 4 is 11.7 Å². The Morgan fingerprint density at radius 3 is 2.55 bits per heavy atom. The fourth-order valence-corrected chi connectivity index (χ4v) is 2.31. The zero-order chi connectivity index (χ0) is 16.1. The number of benzene rings is 1. The van der Waals surface area contributed by atoms with E-state index in [0.717, 1.165) is 17.8 Å². The Hall–Kier alpha value is -2.14. The fourth-order valence-electron chi connectivity index (χ4n) is 2.31. The summed E-state index contributed by atoms with van der Waals surface area (Å²) in [7, 11) is 1.95. The number of nitrogens with zero attached hydrogens (tertiary/aromatic N) is 2. The van der Waals surface area contributed by atoms with Gasteiger partial charge < -0.3 is 5.32 Å². The average Bonchev–Trinajstić information content (AvgIpc) is 2.97. The number of H-pyrrole nitrogens is 1. The predicted octanol–water partition coefficient (Wildman–Crippen LogP) is 3.16. The summed E-state index contributed by atoms with van der Waals surface area (Å²) in [4.78, 5) is 14.7. The topological polar surface area (TPSA) is 61.0 Å². The lowest BCUT2D eigenvalue weighted by molar-refractivity contribution is -0.121. The van der Waals surface area contributed by atoms with Gasteiger partial charge in [-0.15, -0.1) is 0 Å². The van der Waals surface area contributed by atoms with Crippen molar-refractivity contribution in [1.82, 2.24) is 15.1 Å². The Morgan fingerprint density at radius 2 is 2.00 bits per heavy atom. The van der Waals surface area contributed by atoms with Crippen LogP contribution >= 0.6 is 0 Å². The van der Waals surface area contributed by atoms with Gasteiger partial charge in [0.15, 0.2) is 5.82 Å². The van der Waals surface area contributed by atoms with Crippen LogP contribution in [0.5, 0.6) is 0 Å². The second-order valence-corrected chi connectivity index (χ2v) is 5.74. The van der Waals surface area contributed by atoms with E-state index < -0.39 is 0 Å². The Morgan fingerprint density at radius 1 is 1.32 bits per heavy atom. The van der Waals surface area contributed by atoms with Gasteiger partial charge in [0.2, 0.25) is 5.91 Å². The molecular weight excluding hydrogens is 276 g/mol. The van der Waals surface area contributed by atoms with Crippen LogP contribution < -0.4 is 5.32 Å². The van der Waals surface area contributed by atoms with Crippen LogP contribution in [-0.2, 0) is 4.79 Å². The lowest BCUT2D eigenvalue weighted by atomic mass is 10.0. The monoisotopic (exact) mass is 300 g/mol. The van der Waals surface area contributed by atoms with E-state index >= 15 is 0 Å². The molecule has 2 rings (SSSR count). The lowest BCUT2D eigenvalue weighted by Crippen LogP contribution is -2.34. The minimum atomic E-state index is -0.328. The zero-order valence-corrected chi connectivity index (χ0v) is 13.6. The normalized spacial score (nSPS) is 12.6. The number of amides is 1. The molecule has 5 nitrogen and oxygen atoms in total. The molecule has 1 amide bonds. The van der Waals surface area contributed by atoms with Gasteiger partial charge in [0, 0.05) is 11.8 Å². The summed E-state index contributed by atoms with van der Waals surface area (Å²) in [5.74, 6) is 0.845. The summed E-state index contributed by atoms with van der Waals surface area (Å²) < 4.78 is 0. The summed E-state index contributed by atoms with van der Waals surface area (Å²) in [5, 5.41) is 10.0. The van der Waals surface area contributed by atoms with Crippen LogP contribution in [0.4, 0.5) is 5.82 Å². The first kappa shape index (κ1) is 16.2. The summed E-state index contributed by atoms with van der Waals surface area (Å²) in [6.07, 6.45) is 0. The highest BCUT2D eigenvalue weighted by Crippen LogP contribution is 2.22. The Bertz CT molecular complexity index is 606. The molecule has 1 atom stereocenters. The summed E-state index contributed by atoms with van der Waals surface area (Å²) in [6.45, 7) is 6.98. The maximum atomic E-state index is 12.7. The van der Waals surface area contributed by atoms with Gasteiger partial charge in [0.05, 0.1) is 0 Å². The molecular formula is C17H24N4O. The van der Waals surface area contributed by atoms with Gasteiger partial charge in [-0.2, -0.15) is 5.10 Å². The molecule has 0 unspecified atom stereocenters. The molecule has 0 fully saturated rings. The van der Waals surface area contributed by atoms with E-state index in [1.807, 2.05) is 55.3 Å². The third-order valence-corrected chi connectivity index (χ3v) is 3.77. The van der Waals surface area contributed by atoms with Crippen molar-refractivity contribution in [3.8, 4) is 0 Å². The van der Waals surface area contributed by atoms with E-state index in [4.69, 9.17) is 0 Å². The Kier molecular flexibility index (Phi) is 5.33. The van der Waals surface area contributed by atoms with Crippen LogP contribution in [0, 0.1) is 0 Å². The second-order valence-electron chi connectivity index (χ2n) is 5.74. The molecule has 5 heteroatoms. The number of carbonyl (C=O) groups is 1. The molecule has 0 aliphatic heterocycles. The number of aromatic nitrogens is 2. The minimum absolute atomic E-state index is 0.0719. The Balaban J connectivity index is 2.18. The van der Waals surface area contributed by atoms with Gasteiger partial charge in [-0.3, -0.25) is 14.8 Å². The first-order chi connectivity index (χ1) is 10.5. The summed E-state index contributed by atoms with van der Waals surface area (Å²) >= 11 is 0. The van der Waals surface area contributed by atoms with Crippen molar-refractivity contribution in [3.63, 3.8) is 0 Å². The van der Waals surface area contributed by atoms with Gasteiger partial charge in [-0.05, 0) is 25.1 Å². The van der Waals surface area contributed by atoms with Crippen molar-refractivity contribution in [2.45, 2.75) is 32.7 Å². The smallest absolute Gasteiger partial charge is 0.247 e. The van der Waals surface area contributed by atoms with Gasteiger partial charge in [-0.25, -0.2) is 0 Å². The molecule has 2 aromatic rings.